The zero-order valence-corrected chi connectivity index (χ0v) is 12.9. The number of ether oxygens (including phenoxy) is 2. The van der Waals surface area contributed by atoms with Crippen LogP contribution in [0.1, 0.15) is 43.7 Å². The summed E-state index contributed by atoms with van der Waals surface area (Å²) in [7, 11) is 5.37. The summed E-state index contributed by atoms with van der Waals surface area (Å²) in [6.07, 6.45) is 7.88. The van der Waals surface area contributed by atoms with Crippen molar-refractivity contribution in [2.24, 2.45) is 0 Å². The van der Waals surface area contributed by atoms with Crippen LogP contribution in [0, 0.1) is 0 Å². The summed E-state index contributed by atoms with van der Waals surface area (Å²) < 4.78 is 10.7. The number of hydrogen-bond donors (Lipinski definition) is 1. The Morgan fingerprint density at radius 2 is 1.75 bits per heavy atom. The van der Waals surface area contributed by atoms with Crippen molar-refractivity contribution in [3.8, 4) is 11.5 Å². The summed E-state index contributed by atoms with van der Waals surface area (Å²) in [5.74, 6) is 1.68. The van der Waals surface area contributed by atoms with Gasteiger partial charge in [-0.15, -0.1) is 6.58 Å². The van der Waals surface area contributed by atoms with Crippen LogP contribution in [0.15, 0.2) is 30.9 Å². The van der Waals surface area contributed by atoms with Crippen molar-refractivity contribution in [1.82, 2.24) is 5.32 Å². The molecule has 0 saturated heterocycles. The van der Waals surface area contributed by atoms with Crippen LogP contribution in [0.25, 0.3) is 0 Å². The molecule has 0 spiro atoms. The molecule has 0 fully saturated rings. The molecule has 1 rings (SSSR count). The lowest BCUT2D eigenvalue weighted by atomic mass is 9.99. The molecule has 20 heavy (non-hydrogen) atoms. The maximum Gasteiger partial charge on any atom is 0.122 e. The molecule has 0 radical (unpaired) electrons. The van der Waals surface area contributed by atoms with Gasteiger partial charge >= 0.3 is 0 Å². The summed E-state index contributed by atoms with van der Waals surface area (Å²) in [6, 6.07) is 6.39. The minimum atomic E-state index is 0.336. The SMILES string of the molecule is C=CCCCCCC(NC)c1cc(OC)cc(OC)c1. The monoisotopic (exact) mass is 277 g/mol. The number of rotatable bonds is 10. The quantitative estimate of drug-likeness (QED) is 0.516. The van der Waals surface area contributed by atoms with Crippen LogP contribution >= 0.6 is 0 Å². The summed E-state index contributed by atoms with van der Waals surface area (Å²) in [6.45, 7) is 3.76. The van der Waals surface area contributed by atoms with Crippen LogP contribution in [0.5, 0.6) is 11.5 Å². The first-order chi connectivity index (χ1) is 9.74. The third-order valence-electron chi connectivity index (χ3n) is 3.53. The van der Waals surface area contributed by atoms with Crippen LogP contribution in [0.3, 0.4) is 0 Å². The first-order valence-corrected chi connectivity index (χ1v) is 7.26. The summed E-state index contributed by atoms with van der Waals surface area (Å²) in [5.41, 5.74) is 1.22. The van der Waals surface area contributed by atoms with E-state index >= 15 is 0 Å². The second-order valence-corrected chi connectivity index (χ2v) is 4.91. The Morgan fingerprint density at radius 1 is 1.10 bits per heavy atom. The third-order valence-corrected chi connectivity index (χ3v) is 3.53. The molecule has 1 unspecified atom stereocenters. The summed E-state index contributed by atoms with van der Waals surface area (Å²) in [5, 5.41) is 3.38. The van der Waals surface area contributed by atoms with Crippen molar-refractivity contribution in [2.45, 2.75) is 38.1 Å². The van der Waals surface area contributed by atoms with Gasteiger partial charge in [-0.2, -0.15) is 0 Å². The topological polar surface area (TPSA) is 30.5 Å². The summed E-state index contributed by atoms with van der Waals surface area (Å²) >= 11 is 0. The molecule has 1 atom stereocenters. The van der Waals surface area contributed by atoms with Gasteiger partial charge in [-0.1, -0.05) is 18.9 Å². The minimum absolute atomic E-state index is 0.336. The van der Waals surface area contributed by atoms with E-state index in [1.165, 1.54) is 24.8 Å². The normalized spacial score (nSPS) is 11.9. The summed E-state index contributed by atoms with van der Waals surface area (Å²) in [4.78, 5) is 0. The second kappa shape index (κ2) is 9.43. The number of benzene rings is 1. The van der Waals surface area contributed by atoms with Crippen molar-refractivity contribution in [2.75, 3.05) is 21.3 Å². The number of nitrogens with one attached hydrogen (secondary N) is 1. The van der Waals surface area contributed by atoms with Crippen molar-refractivity contribution < 1.29 is 9.47 Å². The van der Waals surface area contributed by atoms with Gasteiger partial charge in [-0.05, 0) is 44.0 Å². The molecule has 0 aliphatic rings. The van der Waals surface area contributed by atoms with Crippen LogP contribution in [-0.4, -0.2) is 21.3 Å². The zero-order valence-electron chi connectivity index (χ0n) is 12.9. The van der Waals surface area contributed by atoms with E-state index in [0.29, 0.717) is 6.04 Å². The van der Waals surface area contributed by atoms with Crippen molar-refractivity contribution in [1.29, 1.82) is 0 Å². The fourth-order valence-electron chi connectivity index (χ4n) is 2.32. The molecule has 0 amide bonds. The molecule has 1 aromatic rings. The Labute approximate surface area is 123 Å². The number of hydrogen-bond acceptors (Lipinski definition) is 3. The Balaban J connectivity index is 2.65. The molecule has 112 valence electrons. The van der Waals surface area contributed by atoms with Gasteiger partial charge in [-0.3, -0.25) is 0 Å². The Morgan fingerprint density at radius 3 is 2.25 bits per heavy atom. The van der Waals surface area contributed by atoms with E-state index in [1.54, 1.807) is 14.2 Å². The van der Waals surface area contributed by atoms with Crippen LogP contribution in [0.2, 0.25) is 0 Å². The lowest BCUT2D eigenvalue weighted by Crippen LogP contribution is -2.16. The third kappa shape index (κ3) is 5.25. The van der Waals surface area contributed by atoms with Crippen molar-refractivity contribution in [3.05, 3.63) is 36.4 Å². The fourth-order valence-corrected chi connectivity index (χ4v) is 2.32. The first-order valence-electron chi connectivity index (χ1n) is 7.26. The Bertz CT molecular complexity index is 382. The predicted molar refractivity (Wildman–Crippen MR) is 84.6 cm³/mol. The highest BCUT2D eigenvalue weighted by Crippen LogP contribution is 2.28. The van der Waals surface area contributed by atoms with E-state index in [1.807, 2.05) is 19.2 Å². The first kappa shape index (κ1) is 16.6. The van der Waals surface area contributed by atoms with E-state index in [9.17, 15) is 0 Å². The molecule has 1 aromatic carbocycles. The maximum atomic E-state index is 5.33. The second-order valence-electron chi connectivity index (χ2n) is 4.91. The number of unbranched alkanes of at least 4 members (excludes halogenated alkanes) is 3. The van der Waals surface area contributed by atoms with E-state index in [4.69, 9.17) is 9.47 Å². The van der Waals surface area contributed by atoms with E-state index < -0.39 is 0 Å². The van der Waals surface area contributed by atoms with E-state index in [0.717, 1.165) is 24.3 Å². The standard InChI is InChI=1S/C17H27NO2/c1-5-6-7-8-9-10-17(18-2)14-11-15(19-3)13-16(12-14)20-4/h5,11-13,17-18H,1,6-10H2,2-4H3. The zero-order chi connectivity index (χ0) is 14.8. The van der Waals surface area contributed by atoms with Crippen molar-refractivity contribution in [3.63, 3.8) is 0 Å². The van der Waals surface area contributed by atoms with Crippen LogP contribution in [-0.2, 0) is 0 Å². The molecule has 0 bridgehead atoms. The lowest BCUT2D eigenvalue weighted by Gasteiger charge is -2.18. The highest BCUT2D eigenvalue weighted by atomic mass is 16.5. The molecule has 3 heteroatoms. The molecular weight excluding hydrogens is 250 g/mol. The van der Waals surface area contributed by atoms with E-state index in [-0.39, 0.29) is 0 Å². The van der Waals surface area contributed by atoms with Crippen LogP contribution < -0.4 is 14.8 Å². The average molecular weight is 277 g/mol. The predicted octanol–water partition coefficient (Wildman–Crippen LogP) is 4.10. The van der Waals surface area contributed by atoms with E-state index in [2.05, 4.69) is 24.0 Å². The fraction of sp³-hybridized carbons (Fsp3) is 0.529. The molecule has 1 N–H and O–H groups in total. The van der Waals surface area contributed by atoms with Gasteiger partial charge in [0, 0.05) is 12.1 Å². The molecule has 0 aliphatic heterocycles. The molecule has 0 saturated carbocycles. The van der Waals surface area contributed by atoms with Crippen LogP contribution in [0.4, 0.5) is 0 Å². The van der Waals surface area contributed by atoms with Gasteiger partial charge in [0.1, 0.15) is 11.5 Å². The highest BCUT2D eigenvalue weighted by molar-refractivity contribution is 5.39. The van der Waals surface area contributed by atoms with Gasteiger partial charge in [0.05, 0.1) is 14.2 Å². The van der Waals surface area contributed by atoms with Gasteiger partial charge in [0.15, 0.2) is 0 Å². The molecule has 3 nitrogen and oxygen atoms in total. The smallest absolute Gasteiger partial charge is 0.122 e. The lowest BCUT2D eigenvalue weighted by molar-refractivity contribution is 0.391. The van der Waals surface area contributed by atoms with Gasteiger partial charge < -0.3 is 14.8 Å². The van der Waals surface area contributed by atoms with Gasteiger partial charge in [0.2, 0.25) is 0 Å². The molecule has 0 aromatic heterocycles. The average Bonchev–Trinajstić information content (AvgIpc) is 2.50. The van der Waals surface area contributed by atoms with Gasteiger partial charge in [-0.25, -0.2) is 0 Å². The maximum absolute atomic E-state index is 5.33. The Hall–Kier alpha value is -1.48. The minimum Gasteiger partial charge on any atom is -0.497 e. The van der Waals surface area contributed by atoms with Gasteiger partial charge in [0.25, 0.3) is 0 Å². The number of allylic oxidation sites excluding steroid dienone is 1. The van der Waals surface area contributed by atoms with Crippen molar-refractivity contribution >= 4 is 0 Å². The Kier molecular flexibility index (Phi) is 7.81. The largest absolute Gasteiger partial charge is 0.497 e. The molecule has 0 aliphatic carbocycles. The molecular formula is C17H27NO2. The number of methoxy groups -OCH3 is 2. The molecule has 0 heterocycles. The highest BCUT2D eigenvalue weighted by Gasteiger charge is 2.11.